The average molecular weight is 518 g/mol. The molecule has 0 spiro atoms. The van der Waals surface area contributed by atoms with E-state index in [9.17, 15) is 14.0 Å². The zero-order valence-electron chi connectivity index (χ0n) is 21.5. The number of likely N-dealkylation sites (tertiary alicyclic amines) is 1. The summed E-state index contributed by atoms with van der Waals surface area (Å²) in [5, 5.41) is 7.22. The molecule has 36 heavy (non-hydrogen) atoms. The summed E-state index contributed by atoms with van der Waals surface area (Å²) in [6, 6.07) is 6.21. The Morgan fingerprint density at radius 1 is 1.14 bits per heavy atom. The van der Waals surface area contributed by atoms with Crippen molar-refractivity contribution in [3.8, 4) is 11.3 Å². The first kappa shape index (κ1) is 26.5. The number of carbonyl (C=O) groups excluding carboxylic acids is 2. The standard InChI is InChI=1S/C26H36FN5O3S/c1-17(2)32-12-6-5-7-20(32)22(33)30-26(3,4)24(34)29-25-28-21(18-8-10-19(27)11-9-18)23(36-25)31-13-15-35-16-14-31/h8-11,17,20H,5-7,12-16H2,1-4H3,(H,30,33)(H,28,29,34). The predicted octanol–water partition coefficient (Wildman–Crippen LogP) is 3.88. The van der Waals surface area contributed by atoms with Crippen LogP contribution in [-0.2, 0) is 14.3 Å². The monoisotopic (exact) mass is 517 g/mol. The minimum Gasteiger partial charge on any atom is -0.378 e. The number of hydrogen-bond donors (Lipinski definition) is 2. The second-order valence-electron chi connectivity index (χ2n) is 10.2. The van der Waals surface area contributed by atoms with Crippen LogP contribution in [0.2, 0.25) is 0 Å². The van der Waals surface area contributed by atoms with E-state index in [0.29, 0.717) is 37.1 Å². The molecule has 2 saturated heterocycles. The van der Waals surface area contributed by atoms with Crippen LogP contribution in [0.1, 0.15) is 47.0 Å². The number of carbonyl (C=O) groups is 2. The summed E-state index contributed by atoms with van der Waals surface area (Å²) in [6.45, 7) is 11.1. The largest absolute Gasteiger partial charge is 0.378 e. The molecule has 1 aromatic heterocycles. The first-order chi connectivity index (χ1) is 17.2. The summed E-state index contributed by atoms with van der Waals surface area (Å²) in [5.41, 5.74) is 0.333. The highest BCUT2D eigenvalue weighted by Crippen LogP contribution is 2.39. The number of benzene rings is 1. The van der Waals surface area contributed by atoms with Gasteiger partial charge in [0, 0.05) is 24.7 Å². The minimum atomic E-state index is -1.13. The summed E-state index contributed by atoms with van der Waals surface area (Å²) in [7, 11) is 0. The van der Waals surface area contributed by atoms with Crippen molar-refractivity contribution in [3.63, 3.8) is 0 Å². The molecule has 2 amide bonds. The molecule has 0 saturated carbocycles. The van der Waals surface area contributed by atoms with Crippen LogP contribution in [0.3, 0.4) is 0 Å². The van der Waals surface area contributed by atoms with Gasteiger partial charge in [0.1, 0.15) is 22.1 Å². The van der Waals surface area contributed by atoms with Gasteiger partial charge in [0.05, 0.1) is 19.3 Å². The Morgan fingerprint density at radius 2 is 1.83 bits per heavy atom. The molecule has 2 aliphatic heterocycles. The van der Waals surface area contributed by atoms with Gasteiger partial charge < -0.3 is 15.0 Å². The molecule has 2 N–H and O–H groups in total. The fourth-order valence-corrected chi connectivity index (χ4v) is 5.73. The van der Waals surface area contributed by atoms with Gasteiger partial charge in [-0.05, 0) is 71.3 Å². The minimum absolute atomic E-state index is 0.122. The summed E-state index contributed by atoms with van der Waals surface area (Å²) < 4.78 is 19.0. The molecule has 1 atom stereocenters. The second kappa shape index (κ2) is 11.2. The van der Waals surface area contributed by atoms with Gasteiger partial charge in [0.15, 0.2) is 5.13 Å². The lowest BCUT2D eigenvalue weighted by atomic mass is 9.97. The first-order valence-corrected chi connectivity index (χ1v) is 13.5. The van der Waals surface area contributed by atoms with Crippen LogP contribution in [-0.4, -0.2) is 72.2 Å². The molecule has 0 aliphatic carbocycles. The highest BCUT2D eigenvalue weighted by molar-refractivity contribution is 7.20. The van der Waals surface area contributed by atoms with Gasteiger partial charge in [-0.2, -0.15) is 0 Å². The smallest absolute Gasteiger partial charge is 0.251 e. The maximum atomic E-state index is 13.5. The van der Waals surface area contributed by atoms with Crippen LogP contribution in [0.25, 0.3) is 11.3 Å². The molecule has 0 bridgehead atoms. The Hall–Kier alpha value is -2.56. The Bertz CT molecular complexity index is 1070. The third kappa shape index (κ3) is 6.04. The number of anilines is 2. The summed E-state index contributed by atoms with van der Waals surface area (Å²) in [5.74, 6) is -0.777. The van der Waals surface area contributed by atoms with Gasteiger partial charge in [-0.25, -0.2) is 9.37 Å². The number of rotatable bonds is 7. The van der Waals surface area contributed by atoms with Crippen LogP contribution in [0.15, 0.2) is 24.3 Å². The van der Waals surface area contributed by atoms with Crippen molar-refractivity contribution in [2.24, 2.45) is 0 Å². The van der Waals surface area contributed by atoms with Gasteiger partial charge in [0.2, 0.25) is 5.91 Å². The molecule has 4 rings (SSSR count). The van der Waals surface area contributed by atoms with E-state index in [1.807, 2.05) is 0 Å². The highest BCUT2D eigenvalue weighted by Gasteiger charge is 2.36. The van der Waals surface area contributed by atoms with Gasteiger partial charge >= 0.3 is 0 Å². The zero-order valence-corrected chi connectivity index (χ0v) is 22.3. The van der Waals surface area contributed by atoms with E-state index in [1.54, 1.807) is 26.0 Å². The predicted molar refractivity (Wildman–Crippen MR) is 141 cm³/mol. The van der Waals surface area contributed by atoms with Crippen molar-refractivity contribution in [2.45, 2.75) is 64.6 Å². The Kier molecular flexibility index (Phi) is 8.27. The van der Waals surface area contributed by atoms with Crippen molar-refractivity contribution >= 4 is 33.3 Å². The summed E-state index contributed by atoms with van der Waals surface area (Å²) in [4.78, 5) is 35.5. The van der Waals surface area contributed by atoms with E-state index >= 15 is 0 Å². The first-order valence-electron chi connectivity index (χ1n) is 12.6. The number of ether oxygens (including phenoxy) is 1. The molecule has 2 aromatic rings. The Balaban J connectivity index is 1.51. The lowest BCUT2D eigenvalue weighted by Crippen LogP contribution is -2.59. The quantitative estimate of drug-likeness (QED) is 0.580. The molecule has 10 heteroatoms. The Labute approximate surface area is 216 Å². The van der Waals surface area contributed by atoms with Crippen molar-refractivity contribution in [3.05, 3.63) is 30.1 Å². The third-order valence-corrected chi connectivity index (χ3v) is 7.79. The maximum Gasteiger partial charge on any atom is 0.251 e. The summed E-state index contributed by atoms with van der Waals surface area (Å²) in [6.07, 6.45) is 2.87. The van der Waals surface area contributed by atoms with E-state index in [4.69, 9.17) is 9.72 Å². The van der Waals surface area contributed by atoms with Crippen LogP contribution in [0.4, 0.5) is 14.5 Å². The number of halogens is 1. The molecule has 2 fully saturated rings. The van der Waals surface area contributed by atoms with E-state index in [0.717, 1.165) is 36.4 Å². The number of morpholine rings is 1. The maximum absolute atomic E-state index is 13.5. The number of nitrogens with zero attached hydrogens (tertiary/aromatic N) is 3. The molecule has 1 unspecified atom stereocenters. The third-order valence-electron chi connectivity index (χ3n) is 6.76. The Morgan fingerprint density at radius 3 is 2.50 bits per heavy atom. The lowest BCUT2D eigenvalue weighted by Gasteiger charge is -2.39. The fourth-order valence-electron chi connectivity index (χ4n) is 4.70. The summed E-state index contributed by atoms with van der Waals surface area (Å²) >= 11 is 1.37. The van der Waals surface area contributed by atoms with Crippen LogP contribution in [0.5, 0.6) is 0 Å². The molecule has 3 heterocycles. The average Bonchev–Trinajstić information content (AvgIpc) is 3.28. The van der Waals surface area contributed by atoms with Crippen molar-refractivity contribution in [1.82, 2.24) is 15.2 Å². The fraction of sp³-hybridized carbons (Fsp3) is 0.577. The van der Waals surface area contributed by atoms with Gasteiger partial charge in [-0.15, -0.1) is 0 Å². The van der Waals surface area contributed by atoms with E-state index in [-0.39, 0.29) is 29.7 Å². The molecular formula is C26H36FN5O3S. The van der Waals surface area contributed by atoms with Crippen LogP contribution >= 0.6 is 11.3 Å². The molecule has 2 aliphatic rings. The number of nitrogens with one attached hydrogen (secondary N) is 2. The van der Waals surface area contributed by atoms with Gasteiger partial charge in [-0.3, -0.25) is 19.8 Å². The highest BCUT2D eigenvalue weighted by atomic mass is 32.1. The van der Waals surface area contributed by atoms with Crippen LogP contribution < -0.4 is 15.5 Å². The molecule has 1 aromatic carbocycles. The van der Waals surface area contributed by atoms with E-state index in [2.05, 4.69) is 34.3 Å². The normalized spacial score (nSPS) is 19.4. The number of hydrogen-bond acceptors (Lipinski definition) is 7. The SMILES string of the molecule is CC(C)N1CCCCC1C(=O)NC(C)(C)C(=O)Nc1nc(-c2ccc(F)cc2)c(N2CCOCC2)s1. The number of piperidine rings is 1. The van der Waals surface area contributed by atoms with E-state index < -0.39 is 5.54 Å². The lowest BCUT2D eigenvalue weighted by molar-refractivity contribution is -0.134. The van der Waals surface area contributed by atoms with E-state index in [1.165, 1.54) is 23.5 Å². The van der Waals surface area contributed by atoms with Crippen LogP contribution in [0, 0.1) is 5.82 Å². The van der Waals surface area contributed by atoms with Gasteiger partial charge in [-0.1, -0.05) is 17.8 Å². The molecule has 196 valence electrons. The number of thiazole rings is 1. The second-order valence-corrected chi connectivity index (χ2v) is 11.2. The number of amides is 2. The molecule has 0 radical (unpaired) electrons. The van der Waals surface area contributed by atoms with Crippen molar-refractivity contribution < 1.29 is 18.7 Å². The topological polar surface area (TPSA) is 86.8 Å². The number of aromatic nitrogens is 1. The van der Waals surface area contributed by atoms with Crippen molar-refractivity contribution in [2.75, 3.05) is 43.1 Å². The van der Waals surface area contributed by atoms with Gasteiger partial charge in [0.25, 0.3) is 5.91 Å². The zero-order chi connectivity index (χ0) is 25.9. The molecular weight excluding hydrogens is 481 g/mol. The molecule has 8 nitrogen and oxygen atoms in total. The van der Waals surface area contributed by atoms with Crippen molar-refractivity contribution in [1.29, 1.82) is 0 Å².